The van der Waals surface area contributed by atoms with Crippen molar-refractivity contribution in [1.82, 2.24) is 0 Å². The van der Waals surface area contributed by atoms with E-state index in [-0.39, 0.29) is 25.0 Å². The summed E-state index contributed by atoms with van der Waals surface area (Å²) in [6.45, 7) is 3.97. The number of amides is 1. The predicted octanol–water partition coefficient (Wildman–Crippen LogP) is 2.68. The van der Waals surface area contributed by atoms with E-state index in [1.165, 1.54) is 0 Å². The van der Waals surface area contributed by atoms with Crippen LogP contribution in [-0.4, -0.2) is 32.1 Å². The van der Waals surface area contributed by atoms with Crippen LogP contribution in [0.2, 0.25) is 0 Å². The summed E-state index contributed by atoms with van der Waals surface area (Å²) in [6, 6.07) is 11.1. The Kier molecular flexibility index (Phi) is 4.61. The smallest absolute Gasteiger partial charge is 0.331 e. The SMILES string of the molecule is COc1ccc(C)cc1NC(=O)CN1CC(=O)Oc2ccc(C)cc21. The number of benzene rings is 2. The van der Waals surface area contributed by atoms with E-state index in [4.69, 9.17) is 9.47 Å². The van der Waals surface area contributed by atoms with Crippen LogP contribution in [0.3, 0.4) is 0 Å². The van der Waals surface area contributed by atoms with Crippen molar-refractivity contribution in [1.29, 1.82) is 0 Å². The van der Waals surface area contributed by atoms with Crippen LogP contribution >= 0.6 is 0 Å². The fourth-order valence-electron chi connectivity index (χ4n) is 2.78. The monoisotopic (exact) mass is 340 g/mol. The van der Waals surface area contributed by atoms with E-state index >= 15 is 0 Å². The van der Waals surface area contributed by atoms with Gasteiger partial charge in [-0.3, -0.25) is 4.79 Å². The van der Waals surface area contributed by atoms with Crippen molar-refractivity contribution in [3.63, 3.8) is 0 Å². The molecule has 3 rings (SSSR count). The Morgan fingerprint density at radius 3 is 2.68 bits per heavy atom. The molecule has 2 aromatic rings. The van der Waals surface area contributed by atoms with Gasteiger partial charge in [0.15, 0.2) is 5.75 Å². The molecule has 0 spiro atoms. The highest BCUT2D eigenvalue weighted by Gasteiger charge is 2.26. The molecule has 0 unspecified atom stereocenters. The molecule has 1 aliphatic heterocycles. The zero-order valence-electron chi connectivity index (χ0n) is 14.5. The third kappa shape index (κ3) is 3.74. The van der Waals surface area contributed by atoms with Crippen molar-refractivity contribution < 1.29 is 19.1 Å². The minimum Gasteiger partial charge on any atom is -0.495 e. The Morgan fingerprint density at radius 2 is 1.92 bits per heavy atom. The summed E-state index contributed by atoms with van der Waals surface area (Å²) < 4.78 is 10.5. The third-order valence-corrected chi connectivity index (χ3v) is 3.96. The number of nitrogens with zero attached hydrogens (tertiary/aromatic N) is 1. The molecule has 0 aliphatic carbocycles. The second kappa shape index (κ2) is 6.84. The average molecular weight is 340 g/mol. The second-order valence-electron chi connectivity index (χ2n) is 6.05. The van der Waals surface area contributed by atoms with Crippen LogP contribution in [0.1, 0.15) is 11.1 Å². The summed E-state index contributed by atoms with van der Waals surface area (Å²) in [5.41, 5.74) is 3.39. The van der Waals surface area contributed by atoms with E-state index in [2.05, 4.69) is 5.32 Å². The molecular weight excluding hydrogens is 320 g/mol. The number of hydrogen-bond donors (Lipinski definition) is 1. The molecule has 0 radical (unpaired) electrons. The number of esters is 1. The summed E-state index contributed by atoms with van der Waals surface area (Å²) in [7, 11) is 1.56. The number of fused-ring (bicyclic) bond motifs is 1. The van der Waals surface area contributed by atoms with Crippen molar-refractivity contribution >= 4 is 23.3 Å². The molecule has 1 aliphatic rings. The van der Waals surface area contributed by atoms with Crippen LogP contribution < -0.4 is 19.7 Å². The lowest BCUT2D eigenvalue weighted by Crippen LogP contribution is -2.41. The Balaban J connectivity index is 1.79. The van der Waals surface area contributed by atoms with Crippen molar-refractivity contribution in [2.45, 2.75) is 13.8 Å². The molecule has 2 aromatic carbocycles. The molecule has 6 heteroatoms. The van der Waals surface area contributed by atoms with Gasteiger partial charge in [0.2, 0.25) is 5.91 Å². The standard InChI is InChI=1S/C19H20N2O4/c1-12-4-6-16(24-3)14(8-12)20-18(22)10-21-11-19(23)25-17-7-5-13(2)9-15(17)21/h4-9H,10-11H2,1-3H3,(H,20,22). The molecule has 0 atom stereocenters. The van der Waals surface area contributed by atoms with Gasteiger partial charge in [-0.15, -0.1) is 0 Å². The number of carbonyl (C=O) groups is 2. The van der Waals surface area contributed by atoms with Gasteiger partial charge < -0.3 is 19.7 Å². The van der Waals surface area contributed by atoms with Crippen LogP contribution in [0.25, 0.3) is 0 Å². The number of ether oxygens (including phenoxy) is 2. The van der Waals surface area contributed by atoms with Crippen molar-refractivity contribution in [2.75, 3.05) is 30.4 Å². The fourth-order valence-corrected chi connectivity index (χ4v) is 2.78. The van der Waals surface area contributed by atoms with Crippen molar-refractivity contribution in [3.8, 4) is 11.5 Å². The minimum absolute atomic E-state index is 0.0365. The van der Waals surface area contributed by atoms with Gasteiger partial charge >= 0.3 is 5.97 Å². The summed E-state index contributed by atoms with van der Waals surface area (Å²) >= 11 is 0. The van der Waals surface area contributed by atoms with Gasteiger partial charge in [0.25, 0.3) is 0 Å². The van der Waals surface area contributed by atoms with Gasteiger partial charge in [-0.25, -0.2) is 4.79 Å². The lowest BCUT2D eigenvalue weighted by molar-refractivity contribution is -0.133. The van der Waals surface area contributed by atoms with Crippen LogP contribution in [0.15, 0.2) is 36.4 Å². The first-order valence-electron chi connectivity index (χ1n) is 7.97. The molecular formula is C19H20N2O4. The average Bonchev–Trinajstić information content (AvgIpc) is 2.55. The lowest BCUT2D eigenvalue weighted by Gasteiger charge is -2.29. The van der Waals surface area contributed by atoms with E-state index in [1.54, 1.807) is 18.1 Å². The summed E-state index contributed by atoms with van der Waals surface area (Å²) in [6.07, 6.45) is 0. The Labute approximate surface area is 146 Å². The lowest BCUT2D eigenvalue weighted by atomic mass is 10.1. The Hall–Kier alpha value is -3.02. The third-order valence-electron chi connectivity index (χ3n) is 3.96. The number of hydrogen-bond acceptors (Lipinski definition) is 5. The van der Waals surface area contributed by atoms with E-state index < -0.39 is 0 Å². The maximum absolute atomic E-state index is 12.5. The van der Waals surface area contributed by atoms with Crippen LogP contribution in [0.5, 0.6) is 11.5 Å². The number of anilines is 2. The summed E-state index contributed by atoms with van der Waals surface area (Å²) in [5.74, 6) is 0.458. The van der Waals surface area contributed by atoms with E-state index in [0.29, 0.717) is 17.2 Å². The maximum atomic E-state index is 12.5. The quantitative estimate of drug-likeness (QED) is 0.685. The Bertz CT molecular complexity index is 832. The molecule has 25 heavy (non-hydrogen) atoms. The molecule has 1 amide bonds. The van der Waals surface area contributed by atoms with Gasteiger partial charge in [-0.1, -0.05) is 12.1 Å². The van der Waals surface area contributed by atoms with Crippen molar-refractivity contribution in [3.05, 3.63) is 47.5 Å². The minimum atomic E-state index is -0.378. The topological polar surface area (TPSA) is 67.9 Å². The summed E-state index contributed by atoms with van der Waals surface area (Å²) in [5, 5.41) is 2.85. The molecule has 0 bridgehead atoms. The number of rotatable bonds is 4. The van der Waals surface area contributed by atoms with Crippen LogP contribution in [0, 0.1) is 13.8 Å². The van der Waals surface area contributed by atoms with Gasteiger partial charge in [0, 0.05) is 0 Å². The van der Waals surface area contributed by atoms with Gasteiger partial charge in [0.1, 0.15) is 12.3 Å². The highest BCUT2D eigenvalue weighted by Crippen LogP contribution is 2.33. The van der Waals surface area contributed by atoms with E-state index in [0.717, 1.165) is 16.8 Å². The highest BCUT2D eigenvalue weighted by molar-refractivity contribution is 5.97. The molecule has 0 fully saturated rings. The van der Waals surface area contributed by atoms with Crippen LogP contribution in [-0.2, 0) is 9.59 Å². The number of methoxy groups -OCH3 is 1. The molecule has 0 saturated carbocycles. The molecule has 1 heterocycles. The Morgan fingerprint density at radius 1 is 1.20 bits per heavy atom. The largest absolute Gasteiger partial charge is 0.495 e. The summed E-state index contributed by atoms with van der Waals surface area (Å²) in [4.78, 5) is 26.0. The fraction of sp³-hybridized carbons (Fsp3) is 0.263. The zero-order chi connectivity index (χ0) is 18.0. The van der Waals surface area contributed by atoms with Gasteiger partial charge in [-0.2, -0.15) is 0 Å². The molecule has 0 aromatic heterocycles. The first kappa shape index (κ1) is 16.8. The van der Waals surface area contributed by atoms with Crippen LogP contribution in [0.4, 0.5) is 11.4 Å². The van der Waals surface area contributed by atoms with Gasteiger partial charge in [0.05, 0.1) is 25.0 Å². The molecule has 0 saturated heterocycles. The number of nitrogens with one attached hydrogen (secondary N) is 1. The van der Waals surface area contributed by atoms with Crippen molar-refractivity contribution in [2.24, 2.45) is 0 Å². The number of aryl methyl sites for hydroxylation is 2. The predicted molar refractivity (Wildman–Crippen MR) is 95.4 cm³/mol. The first-order chi connectivity index (χ1) is 12.0. The van der Waals surface area contributed by atoms with E-state index in [9.17, 15) is 9.59 Å². The highest BCUT2D eigenvalue weighted by atomic mass is 16.5. The maximum Gasteiger partial charge on any atom is 0.331 e. The second-order valence-corrected chi connectivity index (χ2v) is 6.05. The normalized spacial score (nSPS) is 13.1. The van der Waals surface area contributed by atoms with E-state index in [1.807, 2.05) is 44.2 Å². The number of carbonyl (C=O) groups excluding carboxylic acids is 2. The first-order valence-corrected chi connectivity index (χ1v) is 7.97. The van der Waals surface area contributed by atoms with Gasteiger partial charge in [-0.05, 0) is 49.2 Å². The molecule has 1 N–H and O–H groups in total. The zero-order valence-corrected chi connectivity index (χ0v) is 14.5. The molecule has 6 nitrogen and oxygen atoms in total. The molecule has 130 valence electrons.